The predicted molar refractivity (Wildman–Crippen MR) is 169 cm³/mol. The molecule has 1 aliphatic heterocycles. The summed E-state index contributed by atoms with van der Waals surface area (Å²) < 4.78 is 10.6. The molecule has 4 aromatic rings. The highest BCUT2D eigenvalue weighted by Crippen LogP contribution is 2.36. The van der Waals surface area contributed by atoms with E-state index in [2.05, 4.69) is 6.07 Å². The van der Waals surface area contributed by atoms with E-state index in [1.165, 1.54) is 24.3 Å². The van der Waals surface area contributed by atoms with Gasteiger partial charge in [-0.05, 0) is 80.9 Å². The first kappa shape index (κ1) is 31.2. The standard InChI is InChI=1S/C35H29N3O6S/c1-4-43-28-15-11-23(12-16-28)29(39)20-44-35(42)25-9-13-27(14-10-25)38-31(40)18-30(34(38)41)45-33-26(19-36)17-22(3)32(37-33)24-7-5-21(2)6-8-24/h5-17,30H,4,18,20H2,1-3H3. The molecule has 45 heavy (non-hydrogen) atoms. The van der Waals surface area contributed by atoms with E-state index >= 15 is 0 Å². The summed E-state index contributed by atoms with van der Waals surface area (Å²) in [5.41, 5.74) is 4.70. The molecule has 0 bridgehead atoms. The summed E-state index contributed by atoms with van der Waals surface area (Å²) in [6.45, 7) is 5.79. The number of anilines is 1. The number of imide groups is 1. The van der Waals surface area contributed by atoms with Crippen LogP contribution in [0.1, 0.15) is 50.8 Å². The summed E-state index contributed by atoms with van der Waals surface area (Å²) in [6, 6.07) is 24.1. The van der Waals surface area contributed by atoms with Gasteiger partial charge in [-0.2, -0.15) is 5.26 Å². The van der Waals surface area contributed by atoms with Gasteiger partial charge in [-0.15, -0.1) is 0 Å². The number of rotatable bonds is 10. The summed E-state index contributed by atoms with van der Waals surface area (Å²) >= 11 is 1.09. The van der Waals surface area contributed by atoms with Gasteiger partial charge in [0.15, 0.2) is 12.4 Å². The number of ketones is 1. The van der Waals surface area contributed by atoms with Gasteiger partial charge in [0.25, 0.3) is 0 Å². The number of nitrogens with zero attached hydrogens (tertiary/aromatic N) is 3. The fraction of sp³-hybridized carbons (Fsp3) is 0.200. The third-order valence-electron chi connectivity index (χ3n) is 7.17. The molecule has 1 aromatic heterocycles. The molecule has 0 aliphatic carbocycles. The van der Waals surface area contributed by atoms with Crippen LogP contribution in [-0.2, 0) is 14.3 Å². The molecule has 1 saturated heterocycles. The molecular formula is C35H29N3O6S. The number of amides is 2. The lowest BCUT2D eigenvalue weighted by atomic mass is 10.0. The Balaban J connectivity index is 1.25. The van der Waals surface area contributed by atoms with Crippen LogP contribution in [0.4, 0.5) is 5.69 Å². The number of esters is 1. The van der Waals surface area contributed by atoms with E-state index in [9.17, 15) is 24.4 Å². The van der Waals surface area contributed by atoms with E-state index < -0.39 is 29.6 Å². The number of ether oxygens (including phenoxy) is 2. The molecule has 9 nitrogen and oxygen atoms in total. The molecule has 0 saturated carbocycles. The molecule has 0 N–H and O–H groups in total. The predicted octanol–water partition coefficient (Wildman–Crippen LogP) is 6.10. The van der Waals surface area contributed by atoms with Crippen molar-refractivity contribution in [2.75, 3.05) is 18.1 Å². The molecule has 5 rings (SSSR count). The van der Waals surface area contributed by atoms with Crippen molar-refractivity contribution in [3.63, 3.8) is 0 Å². The minimum Gasteiger partial charge on any atom is -0.494 e. The molecule has 3 aromatic carbocycles. The van der Waals surface area contributed by atoms with E-state index in [0.717, 1.165) is 33.4 Å². The van der Waals surface area contributed by atoms with Crippen molar-refractivity contribution in [1.29, 1.82) is 5.26 Å². The third-order valence-corrected chi connectivity index (χ3v) is 8.35. The number of aryl methyl sites for hydroxylation is 2. The minimum absolute atomic E-state index is 0.0682. The molecule has 226 valence electrons. The third kappa shape index (κ3) is 6.95. The summed E-state index contributed by atoms with van der Waals surface area (Å²) in [4.78, 5) is 57.2. The number of pyridine rings is 1. The molecule has 1 fully saturated rings. The van der Waals surface area contributed by atoms with Gasteiger partial charge in [-0.3, -0.25) is 14.4 Å². The first-order valence-corrected chi connectivity index (χ1v) is 15.1. The van der Waals surface area contributed by atoms with Crippen LogP contribution in [0.5, 0.6) is 5.75 Å². The maximum atomic E-state index is 13.4. The maximum absolute atomic E-state index is 13.4. The number of aromatic nitrogens is 1. The molecule has 0 radical (unpaired) electrons. The topological polar surface area (TPSA) is 127 Å². The van der Waals surface area contributed by atoms with E-state index in [1.54, 1.807) is 30.3 Å². The first-order chi connectivity index (χ1) is 21.7. The summed E-state index contributed by atoms with van der Waals surface area (Å²) in [5, 5.41) is 9.37. The van der Waals surface area contributed by atoms with Gasteiger partial charge in [0.2, 0.25) is 11.8 Å². The van der Waals surface area contributed by atoms with Crippen LogP contribution in [-0.4, -0.2) is 47.0 Å². The number of benzene rings is 3. The molecule has 10 heteroatoms. The molecule has 1 aliphatic rings. The quantitative estimate of drug-likeness (QED) is 0.118. The van der Waals surface area contributed by atoms with Crippen molar-refractivity contribution in [3.05, 3.63) is 107 Å². The fourth-order valence-corrected chi connectivity index (χ4v) is 5.90. The number of carbonyl (C=O) groups excluding carboxylic acids is 4. The molecular weight excluding hydrogens is 590 g/mol. The van der Waals surface area contributed by atoms with Gasteiger partial charge in [0, 0.05) is 17.5 Å². The number of Topliss-reactive ketones (excluding diaryl/α,β-unsaturated/α-hetero) is 1. The zero-order chi connectivity index (χ0) is 32.1. The minimum atomic E-state index is -0.774. The lowest BCUT2D eigenvalue weighted by Crippen LogP contribution is -2.31. The fourth-order valence-electron chi connectivity index (χ4n) is 4.82. The van der Waals surface area contributed by atoms with Gasteiger partial charge in [-0.25, -0.2) is 14.7 Å². The molecule has 1 atom stereocenters. The second-order valence-corrected chi connectivity index (χ2v) is 11.6. The average molecular weight is 620 g/mol. The lowest BCUT2D eigenvalue weighted by Gasteiger charge is -2.16. The second kappa shape index (κ2) is 13.6. The smallest absolute Gasteiger partial charge is 0.338 e. The molecule has 2 amide bonds. The Labute approximate surface area is 264 Å². The number of carbonyl (C=O) groups is 4. The van der Waals surface area contributed by atoms with E-state index in [-0.39, 0.29) is 17.8 Å². The highest BCUT2D eigenvalue weighted by atomic mass is 32.2. The van der Waals surface area contributed by atoms with Gasteiger partial charge in [0.1, 0.15) is 16.8 Å². The van der Waals surface area contributed by atoms with Gasteiger partial charge in [-0.1, -0.05) is 41.6 Å². The van der Waals surface area contributed by atoms with Crippen molar-refractivity contribution in [1.82, 2.24) is 4.98 Å². The van der Waals surface area contributed by atoms with Crippen LogP contribution in [0.15, 0.2) is 83.9 Å². The number of hydrogen-bond acceptors (Lipinski definition) is 9. The van der Waals surface area contributed by atoms with E-state index in [4.69, 9.17) is 14.5 Å². The average Bonchev–Trinajstić information content (AvgIpc) is 3.33. The van der Waals surface area contributed by atoms with Crippen molar-refractivity contribution < 1.29 is 28.7 Å². The number of hydrogen-bond donors (Lipinski definition) is 0. The monoisotopic (exact) mass is 619 g/mol. The Morgan fingerprint density at radius 3 is 2.29 bits per heavy atom. The van der Waals surface area contributed by atoms with E-state index in [0.29, 0.717) is 39.9 Å². The van der Waals surface area contributed by atoms with Crippen molar-refractivity contribution in [2.24, 2.45) is 0 Å². The van der Waals surface area contributed by atoms with Crippen LogP contribution in [0.2, 0.25) is 0 Å². The Bertz CT molecular complexity index is 1810. The maximum Gasteiger partial charge on any atom is 0.338 e. The summed E-state index contributed by atoms with van der Waals surface area (Å²) in [6.07, 6.45) is -0.0682. The number of nitriles is 1. The van der Waals surface area contributed by atoms with Crippen molar-refractivity contribution in [2.45, 2.75) is 37.5 Å². The zero-order valence-corrected chi connectivity index (χ0v) is 25.7. The Kier molecular flexibility index (Phi) is 9.40. The summed E-state index contributed by atoms with van der Waals surface area (Å²) in [7, 11) is 0. The van der Waals surface area contributed by atoms with E-state index in [1.807, 2.05) is 45.0 Å². The van der Waals surface area contributed by atoms with Crippen LogP contribution in [0.3, 0.4) is 0 Å². The molecule has 1 unspecified atom stereocenters. The van der Waals surface area contributed by atoms with Crippen molar-refractivity contribution in [3.8, 4) is 23.1 Å². The Morgan fingerprint density at radius 1 is 0.978 bits per heavy atom. The highest BCUT2D eigenvalue weighted by Gasteiger charge is 2.41. The highest BCUT2D eigenvalue weighted by molar-refractivity contribution is 8.00. The van der Waals surface area contributed by atoms with Crippen LogP contribution in [0, 0.1) is 25.2 Å². The lowest BCUT2D eigenvalue weighted by molar-refractivity contribution is -0.121. The molecule has 2 heterocycles. The van der Waals surface area contributed by atoms with Crippen LogP contribution in [0.25, 0.3) is 11.3 Å². The summed E-state index contributed by atoms with van der Waals surface area (Å²) in [5.74, 6) is -1.29. The van der Waals surface area contributed by atoms with Crippen LogP contribution < -0.4 is 9.64 Å². The first-order valence-electron chi connectivity index (χ1n) is 14.2. The molecule has 0 spiro atoms. The second-order valence-electron chi connectivity index (χ2n) is 10.4. The Hall–Kier alpha value is -5.27. The van der Waals surface area contributed by atoms with Gasteiger partial charge >= 0.3 is 5.97 Å². The Morgan fingerprint density at radius 2 is 1.64 bits per heavy atom. The van der Waals surface area contributed by atoms with Crippen molar-refractivity contribution >= 4 is 41.0 Å². The zero-order valence-electron chi connectivity index (χ0n) is 24.9. The SMILES string of the molecule is CCOc1ccc(C(=O)COC(=O)c2ccc(N3C(=O)CC(Sc4nc(-c5ccc(C)cc5)c(C)cc4C#N)C3=O)cc2)cc1. The van der Waals surface area contributed by atoms with Gasteiger partial charge in [0.05, 0.1) is 34.4 Å². The normalized spacial score (nSPS) is 14.3. The number of thioether (sulfide) groups is 1. The van der Waals surface area contributed by atoms with Gasteiger partial charge < -0.3 is 9.47 Å². The van der Waals surface area contributed by atoms with Crippen LogP contribution >= 0.6 is 11.8 Å². The largest absolute Gasteiger partial charge is 0.494 e.